The summed E-state index contributed by atoms with van der Waals surface area (Å²) in [4.78, 5) is 31.4. The molecule has 1 N–H and O–H groups in total. The molecule has 2 aromatic carbocycles. The second-order valence-electron chi connectivity index (χ2n) is 5.79. The summed E-state index contributed by atoms with van der Waals surface area (Å²) in [7, 11) is 0. The Morgan fingerprint density at radius 1 is 1.30 bits per heavy atom. The van der Waals surface area contributed by atoms with Gasteiger partial charge in [-0.05, 0) is 43.3 Å². The standard InChI is InChI=1S/C19H17BrClN3O2S/c1-2-24-17(25)11-16(18(26)23-15-6-4-3-5-14(15)21)27-19(24)22-13-9-7-12(20)8-10-13/h3-10,16H,2,11H2,1H3,(H,23,26). The van der Waals surface area contributed by atoms with Crippen LogP contribution in [0.15, 0.2) is 58.0 Å². The Labute approximate surface area is 175 Å². The summed E-state index contributed by atoms with van der Waals surface area (Å²) in [6.45, 7) is 2.39. The van der Waals surface area contributed by atoms with Crippen LogP contribution in [-0.2, 0) is 9.59 Å². The molecule has 140 valence electrons. The average molecular weight is 467 g/mol. The number of benzene rings is 2. The van der Waals surface area contributed by atoms with E-state index in [4.69, 9.17) is 11.6 Å². The van der Waals surface area contributed by atoms with Gasteiger partial charge in [0.1, 0.15) is 5.25 Å². The van der Waals surface area contributed by atoms with Crippen molar-refractivity contribution in [3.05, 3.63) is 58.0 Å². The number of hydrogen-bond donors (Lipinski definition) is 1. The molecule has 0 aliphatic carbocycles. The number of carbonyl (C=O) groups is 2. The highest BCUT2D eigenvalue weighted by atomic mass is 79.9. The summed E-state index contributed by atoms with van der Waals surface area (Å²) in [6, 6.07) is 14.5. The molecule has 1 aliphatic heterocycles. The molecule has 0 bridgehead atoms. The zero-order chi connectivity index (χ0) is 19.4. The van der Waals surface area contributed by atoms with E-state index in [1.807, 2.05) is 31.2 Å². The van der Waals surface area contributed by atoms with Crippen molar-refractivity contribution in [2.45, 2.75) is 18.6 Å². The van der Waals surface area contributed by atoms with E-state index < -0.39 is 5.25 Å². The number of anilines is 1. The lowest BCUT2D eigenvalue weighted by Crippen LogP contribution is -2.45. The summed E-state index contributed by atoms with van der Waals surface area (Å²) >= 11 is 10.8. The van der Waals surface area contributed by atoms with Gasteiger partial charge in [-0.25, -0.2) is 4.99 Å². The number of aliphatic imine (C=N–C) groups is 1. The molecule has 1 aliphatic rings. The Morgan fingerprint density at radius 2 is 2.00 bits per heavy atom. The fraction of sp³-hybridized carbons (Fsp3) is 0.211. The predicted molar refractivity (Wildman–Crippen MR) is 115 cm³/mol. The van der Waals surface area contributed by atoms with Crippen LogP contribution in [0.2, 0.25) is 5.02 Å². The number of carbonyl (C=O) groups excluding carboxylic acids is 2. The SMILES string of the molecule is CCN1C(=O)CC(C(=O)Nc2ccccc2Cl)SC1=Nc1ccc(Br)cc1. The average Bonchev–Trinajstić information content (AvgIpc) is 2.65. The van der Waals surface area contributed by atoms with Gasteiger partial charge in [-0.2, -0.15) is 0 Å². The summed E-state index contributed by atoms with van der Waals surface area (Å²) in [5.41, 5.74) is 1.25. The highest BCUT2D eigenvalue weighted by Crippen LogP contribution is 2.31. The van der Waals surface area contributed by atoms with Crippen molar-refractivity contribution >= 4 is 67.6 Å². The van der Waals surface area contributed by atoms with Gasteiger partial charge in [0.25, 0.3) is 0 Å². The molecule has 0 saturated carbocycles. The summed E-state index contributed by atoms with van der Waals surface area (Å²) in [5.74, 6) is -0.382. The summed E-state index contributed by atoms with van der Waals surface area (Å²) in [6.07, 6.45) is 0.119. The number of para-hydroxylation sites is 1. The smallest absolute Gasteiger partial charge is 0.238 e. The molecule has 2 aromatic rings. The number of nitrogens with zero attached hydrogens (tertiary/aromatic N) is 2. The Bertz CT molecular complexity index is 889. The summed E-state index contributed by atoms with van der Waals surface area (Å²) in [5, 5.41) is 3.22. The number of amides is 2. The Kier molecular flexibility index (Phi) is 6.57. The van der Waals surface area contributed by atoms with Crippen molar-refractivity contribution in [2.75, 3.05) is 11.9 Å². The zero-order valence-corrected chi connectivity index (χ0v) is 17.6. The van der Waals surface area contributed by atoms with E-state index >= 15 is 0 Å². The topological polar surface area (TPSA) is 61.8 Å². The monoisotopic (exact) mass is 465 g/mol. The number of thioether (sulfide) groups is 1. The fourth-order valence-electron chi connectivity index (χ4n) is 2.55. The maximum Gasteiger partial charge on any atom is 0.238 e. The Balaban J connectivity index is 1.81. The van der Waals surface area contributed by atoms with Crippen LogP contribution in [0.25, 0.3) is 0 Å². The molecule has 1 atom stereocenters. The van der Waals surface area contributed by atoms with Gasteiger partial charge in [0.05, 0.1) is 16.4 Å². The first-order valence-electron chi connectivity index (χ1n) is 8.34. The minimum absolute atomic E-state index is 0.119. The molecule has 1 saturated heterocycles. The first-order chi connectivity index (χ1) is 13.0. The number of hydrogen-bond acceptors (Lipinski definition) is 4. The third-order valence-corrected chi connectivity index (χ3v) is 5.98. The van der Waals surface area contributed by atoms with Gasteiger partial charge >= 0.3 is 0 Å². The van der Waals surface area contributed by atoms with Crippen LogP contribution in [-0.4, -0.2) is 33.7 Å². The lowest BCUT2D eigenvalue weighted by Gasteiger charge is -2.31. The highest BCUT2D eigenvalue weighted by Gasteiger charge is 2.35. The third kappa shape index (κ3) is 4.91. The lowest BCUT2D eigenvalue weighted by atomic mass is 10.2. The van der Waals surface area contributed by atoms with E-state index in [9.17, 15) is 9.59 Å². The van der Waals surface area contributed by atoms with Gasteiger partial charge in [0.2, 0.25) is 11.8 Å². The highest BCUT2D eigenvalue weighted by molar-refractivity contribution is 9.10. The summed E-state index contributed by atoms with van der Waals surface area (Å²) < 4.78 is 0.947. The molecule has 3 rings (SSSR count). The van der Waals surface area contributed by atoms with Gasteiger partial charge in [0, 0.05) is 17.4 Å². The maximum atomic E-state index is 12.7. The zero-order valence-electron chi connectivity index (χ0n) is 14.5. The first-order valence-corrected chi connectivity index (χ1v) is 10.4. The van der Waals surface area contributed by atoms with Gasteiger partial charge in [-0.3, -0.25) is 14.5 Å². The largest absolute Gasteiger partial charge is 0.324 e. The van der Waals surface area contributed by atoms with Crippen molar-refractivity contribution in [1.29, 1.82) is 0 Å². The second kappa shape index (κ2) is 8.91. The molecule has 0 aromatic heterocycles. The normalized spacial score (nSPS) is 18.6. The molecule has 8 heteroatoms. The van der Waals surface area contributed by atoms with Crippen LogP contribution in [0.4, 0.5) is 11.4 Å². The van der Waals surface area contributed by atoms with E-state index in [1.54, 1.807) is 29.2 Å². The molecule has 1 unspecified atom stereocenters. The van der Waals surface area contributed by atoms with E-state index in [0.717, 1.165) is 10.2 Å². The molecule has 1 fully saturated rings. The molecule has 1 heterocycles. The Morgan fingerprint density at radius 3 is 2.67 bits per heavy atom. The lowest BCUT2D eigenvalue weighted by molar-refractivity contribution is -0.129. The van der Waals surface area contributed by atoms with Crippen LogP contribution < -0.4 is 5.32 Å². The molecule has 2 amide bonds. The molecular weight excluding hydrogens is 450 g/mol. The van der Waals surface area contributed by atoms with Crippen molar-refractivity contribution < 1.29 is 9.59 Å². The van der Waals surface area contributed by atoms with Crippen LogP contribution in [0, 0.1) is 0 Å². The third-order valence-electron chi connectivity index (χ3n) is 3.93. The quantitative estimate of drug-likeness (QED) is 0.683. The number of halogens is 2. The van der Waals surface area contributed by atoms with Crippen molar-refractivity contribution in [1.82, 2.24) is 4.90 Å². The van der Waals surface area contributed by atoms with E-state index in [0.29, 0.717) is 22.4 Å². The van der Waals surface area contributed by atoms with Gasteiger partial charge in [-0.1, -0.05) is 51.4 Å². The van der Waals surface area contributed by atoms with Crippen molar-refractivity contribution in [3.8, 4) is 0 Å². The molecule has 27 heavy (non-hydrogen) atoms. The van der Waals surface area contributed by atoms with Crippen LogP contribution in [0.1, 0.15) is 13.3 Å². The number of nitrogens with one attached hydrogen (secondary N) is 1. The minimum Gasteiger partial charge on any atom is -0.324 e. The van der Waals surface area contributed by atoms with Gasteiger partial charge in [-0.15, -0.1) is 0 Å². The second-order valence-corrected chi connectivity index (χ2v) is 8.28. The Hall–Kier alpha value is -1.83. The fourth-order valence-corrected chi connectivity index (χ4v) is 4.16. The molecule has 0 spiro atoms. The molecule has 0 radical (unpaired) electrons. The van der Waals surface area contributed by atoms with Crippen molar-refractivity contribution in [2.24, 2.45) is 4.99 Å². The van der Waals surface area contributed by atoms with Gasteiger partial charge < -0.3 is 5.32 Å². The van der Waals surface area contributed by atoms with Crippen LogP contribution in [0.5, 0.6) is 0 Å². The van der Waals surface area contributed by atoms with E-state index in [1.165, 1.54) is 11.8 Å². The maximum absolute atomic E-state index is 12.7. The predicted octanol–water partition coefficient (Wildman–Crippen LogP) is 5.08. The number of amidine groups is 1. The number of rotatable bonds is 4. The van der Waals surface area contributed by atoms with Crippen LogP contribution in [0.3, 0.4) is 0 Å². The van der Waals surface area contributed by atoms with Crippen molar-refractivity contribution in [3.63, 3.8) is 0 Å². The first kappa shape index (κ1) is 19.9. The molecule has 5 nitrogen and oxygen atoms in total. The van der Waals surface area contributed by atoms with Crippen LogP contribution >= 0.6 is 39.3 Å². The van der Waals surface area contributed by atoms with E-state index in [2.05, 4.69) is 26.2 Å². The van der Waals surface area contributed by atoms with Gasteiger partial charge in [0.15, 0.2) is 5.17 Å². The molecular formula is C19H17BrClN3O2S. The minimum atomic E-state index is -0.564. The van der Waals surface area contributed by atoms with E-state index in [-0.39, 0.29) is 18.2 Å².